The summed E-state index contributed by atoms with van der Waals surface area (Å²) in [5.74, 6) is 0.897. The highest BCUT2D eigenvalue weighted by Gasteiger charge is 2.10. The largest absolute Gasteiger partial charge is 0.493 e. The van der Waals surface area contributed by atoms with Crippen molar-refractivity contribution >= 4 is 56.0 Å². The Bertz CT molecular complexity index is 1020. The number of halogens is 2. The molecule has 1 aromatic heterocycles. The molecule has 0 radical (unpaired) electrons. The van der Waals surface area contributed by atoms with E-state index >= 15 is 0 Å². The first-order valence-corrected chi connectivity index (χ1v) is 10.2. The average Bonchev–Trinajstić information content (AvgIpc) is 3.14. The van der Waals surface area contributed by atoms with Crippen molar-refractivity contribution in [2.45, 2.75) is 0 Å². The number of ether oxygens (including phenoxy) is 2. The molecule has 144 valence electrons. The quantitative estimate of drug-likeness (QED) is 0.448. The van der Waals surface area contributed by atoms with Crippen LogP contribution >= 0.6 is 38.9 Å². The van der Waals surface area contributed by atoms with E-state index in [0.717, 1.165) is 21.3 Å². The Hall–Kier alpha value is -2.35. The van der Waals surface area contributed by atoms with E-state index in [4.69, 9.17) is 21.1 Å². The number of methoxy groups -OCH3 is 2. The minimum Gasteiger partial charge on any atom is -0.493 e. The molecule has 28 heavy (non-hydrogen) atoms. The first-order valence-electron chi connectivity index (χ1n) is 8.12. The Morgan fingerprint density at radius 3 is 2.64 bits per heavy atom. The van der Waals surface area contributed by atoms with Crippen LogP contribution in [-0.4, -0.2) is 25.1 Å². The van der Waals surface area contributed by atoms with E-state index in [2.05, 4.69) is 26.2 Å². The maximum Gasteiger partial charge on any atom is 0.250 e. The monoisotopic (exact) mass is 478 g/mol. The fourth-order valence-corrected chi connectivity index (χ4v) is 3.91. The summed E-state index contributed by atoms with van der Waals surface area (Å²) in [6.07, 6.45) is 3.13. The molecule has 2 aromatic carbocycles. The lowest BCUT2D eigenvalue weighted by atomic mass is 10.2. The molecule has 0 aliphatic carbocycles. The van der Waals surface area contributed by atoms with Crippen molar-refractivity contribution in [2.75, 3.05) is 19.5 Å². The molecule has 0 saturated carbocycles. The Kier molecular flexibility index (Phi) is 6.72. The van der Waals surface area contributed by atoms with Gasteiger partial charge in [0.15, 0.2) is 16.6 Å². The van der Waals surface area contributed by atoms with E-state index in [0.29, 0.717) is 21.7 Å². The summed E-state index contributed by atoms with van der Waals surface area (Å²) >= 11 is 10.7. The van der Waals surface area contributed by atoms with Gasteiger partial charge in [0.1, 0.15) is 0 Å². The molecule has 1 amide bonds. The number of hydrogen-bond acceptors (Lipinski definition) is 5. The molecule has 3 rings (SSSR count). The van der Waals surface area contributed by atoms with Gasteiger partial charge in [0.25, 0.3) is 0 Å². The van der Waals surface area contributed by atoms with Crippen molar-refractivity contribution in [3.63, 3.8) is 0 Å². The molecule has 1 heterocycles. The molecular weight excluding hydrogens is 464 g/mol. The summed E-state index contributed by atoms with van der Waals surface area (Å²) in [6, 6.07) is 11.0. The number of aromatic nitrogens is 1. The standard InChI is InChI=1S/C20H16BrClN2O3S/c1-26-17-10-12(9-15(21)19(17)27-2)3-8-18(25)24-20-23-16(11-28-20)13-4-6-14(22)7-5-13/h3-11H,1-2H3,(H,23,24,25)/b8-3+. The molecule has 0 aliphatic heterocycles. The molecule has 0 unspecified atom stereocenters. The van der Waals surface area contributed by atoms with Gasteiger partial charge in [0.05, 0.1) is 24.4 Å². The van der Waals surface area contributed by atoms with Gasteiger partial charge in [-0.3, -0.25) is 10.1 Å². The highest BCUT2D eigenvalue weighted by molar-refractivity contribution is 9.10. The van der Waals surface area contributed by atoms with E-state index < -0.39 is 0 Å². The second-order valence-corrected chi connectivity index (χ2v) is 7.75. The fraction of sp³-hybridized carbons (Fsp3) is 0.100. The first-order chi connectivity index (χ1) is 13.5. The maximum atomic E-state index is 12.2. The van der Waals surface area contributed by atoms with Gasteiger partial charge in [0.2, 0.25) is 5.91 Å². The van der Waals surface area contributed by atoms with Crippen molar-refractivity contribution in [3.05, 3.63) is 62.9 Å². The minimum atomic E-state index is -0.275. The number of hydrogen-bond donors (Lipinski definition) is 1. The van der Waals surface area contributed by atoms with Gasteiger partial charge in [-0.15, -0.1) is 11.3 Å². The molecule has 8 heteroatoms. The van der Waals surface area contributed by atoms with Crippen molar-refractivity contribution in [1.29, 1.82) is 0 Å². The predicted molar refractivity (Wildman–Crippen MR) is 117 cm³/mol. The number of benzene rings is 2. The third kappa shape index (κ3) is 4.92. The molecule has 0 spiro atoms. The van der Waals surface area contributed by atoms with E-state index in [1.165, 1.54) is 17.4 Å². The van der Waals surface area contributed by atoms with E-state index in [1.54, 1.807) is 38.5 Å². The fourth-order valence-electron chi connectivity index (χ4n) is 2.44. The van der Waals surface area contributed by atoms with Gasteiger partial charge in [-0.25, -0.2) is 4.98 Å². The zero-order valence-corrected chi connectivity index (χ0v) is 18.2. The predicted octanol–water partition coefficient (Wildman–Crippen LogP) is 5.90. The molecule has 5 nitrogen and oxygen atoms in total. The number of amides is 1. The smallest absolute Gasteiger partial charge is 0.250 e. The lowest BCUT2D eigenvalue weighted by molar-refractivity contribution is -0.111. The van der Waals surface area contributed by atoms with Crippen LogP contribution in [0.3, 0.4) is 0 Å². The van der Waals surface area contributed by atoms with Crippen LogP contribution < -0.4 is 14.8 Å². The van der Waals surface area contributed by atoms with E-state index in [1.807, 2.05) is 23.6 Å². The number of nitrogens with one attached hydrogen (secondary N) is 1. The van der Waals surface area contributed by atoms with Crippen LogP contribution in [-0.2, 0) is 4.79 Å². The minimum absolute atomic E-state index is 0.275. The van der Waals surface area contributed by atoms with Crippen molar-refractivity contribution in [3.8, 4) is 22.8 Å². The molecule has 0 bridgehead atoms. The highest BCUT2D eigenvalue weighted by atomic mass is 79.9. The SMILES string of the molecule is COc1cc(/C=C/C(=O)Nc2nc(-c3ccc(Cl)cc3)cs2)cc(Br)c1OC. The number of thiazole rings is 1. The Balaban J connectivity index is 1.69. The van der Waals surface area contributed by atoms with Crippen molar-refractivity contribution in [2.24, 2.45) is 0 Å². The van der Waals surface area contributed by atoms with Gasteiger partial charge in [-0.1, -0.05) is 23.7 Å². The van der Waals surface area contributed by atoms with Crippen LogP contribution in [0.4, 0.5) is 5.13 Å². The van der Waals surface area contributed by atoms with Crippen LogP contribution in [0.15, 0.2) is 52.3 Å². The molecule has 0 saturated heterocycles. The number of carbonyl (C=O) groups excluding carboxylic acids is 1. The van der Waals surface area contributed by atoms with Crippen LogP contribution in [0.25, 0.3) is 17.3 Å². The van der Waals surface area contributed by atoms with Crippen LogP contribution in [0.1, 0.15) is 5.56 Å². The van der Waals surface area contributed by atoms with Gasteiger partial charge < -0.3 is 9.47 Å². The molecule has 3 aromatic rings. The molecule has 0 fully saturated rings. The zero-order valence-electron chi connectivity index (χ0n) is 15.0. The Morgan fingerprint density at radius 1 is 1.21 bits per heavy atom. The highest BCUT2D eigenvalue weighted by Crippen LogP contribution is 2.36. The van der Waals surface area contributed by atoms with Gasteiger partial charge >= 0.3 is 0 Å². The van der Waals surface area contributed by atoms with Gasteiger partial charge in [0, 0.05) is 22.0 Å². The van der Waals surface area contributed by atoms with Gasteiger partial charge in [-0.2, -0.15) is 0 Å². The number of anilines is 1. The zero-order chi connectivity index (χ0) is 20.1. The summed E-state index contributed by atoms with van der Waals surface area (Å²) < 4.78 is 11.3. The lowest BCUT2D eigenvalue weighted by Crippen LogP contribution is -2.07. The third-order valence-electron chi connectivity index (χ3n) is 3.76. The molecule has 0 atom stereocenters. The Labute approximate surface area is 180 Å². The summed E-state index contributed by atoms with van der Waals surface area (Å²) in [5, 5.41) is 5.84. The maximum absolute atomic E-state index is 12.2. The topological polar surface area (TPSA) is 60.5 Å². The first kappa shape index (κ1) is 20.4. The van der Waals surface area contributed by atoms with Crippen molar-refractivity contribution < 1.29 is 14.3 Å². The molecular formula is C20H16BrClN2O3S. The van der Waals surface area contributed by atoms with Crippen LogP contribution in [0.2, 0.25) is 5.02 Å². The number of carbonyl (C=O) groups is 1. The van der Waals surface area contributed by atoms with Crippen molar-refractivity contribution in [1.82, 2.24) is 4.98 Å². The number of nitrogens with zero attached hydrogens (tertiary/aromatic N) is 1. The summed E-state index contributed by atoms with van der Waals surface area (Å²) in [4.78, 5) is 16.7. The second kappa shape index (κ2) is 9.23. The van der Waals surface area contributed by atoms with Crippen LogP contribution in [0, 0.1) is 0 Å². The third-order valence-corrected chi connectivity index (χ3v) is 5.36. The average molecular weight is 480 g/mol. The molecule has 0 aliphatic rings. The summed E-state index contributed by atoms with van der Waals surface area (Å²) in [7, 11) is 3.13. The van der Waals surface area contributed by atoms with E-state index in [9.17, 15) is 4.79 Å². The Morgan fingerprint density at radius 2 is 1.96 bits per heavy atom. The normalized spacial score (nSPS) is 10.9. The van der Waals surface area contributed by atoms with Gasteiger partial charge in [-0.05, 0) is 51.8 Å². The second-order valence-electron chi connectivity index (χ2n) is 5.61. The van der Waals surface area contributed by atoms with E-state index in [-0.39, 0.29) is 5.91 Å². The van der Waals surface area contributed by atoms with Crippen LogP contribution in [0.5, 0.6) is 11.5 Å². The summed E-state index contributed by atoms with van der Waals surface area (Å²) in [6.45, 7) is 0. The molecule has 1 N–H and O–H groups in total. The number of rotatable bonds is 6. The summed E-state index contributed by atoms with van der Waals surface area (Å²) in [5.41, 5.74) is 2.51. The lowest BCUT2D eigenvalue weighted by Gasteiger charge is -2.10.